The van der Waals surface area contributed by atoms with Crippen LogP contribution in [0.2, 0.25) is 0 Å². The van der Waals surface area contributed by atoms with Gasteiger partial charge in [-0.1, -0.05) is 116 Å². The zero-order valence-corrected chi connectivity index (χ0v) is 17.8. The molecular formula is C24H44O2. The molecule has 0 aliphatic rings. The molecule has 0 spiro atoms. The highest BCUT2D eigenvalue weighted by molar-refractivity contribution is 5.82. The topological polar surface area (TPSA) is 26.3 Å². The number of esters is 1. The first-order chi connectivity index (χ1) is 12.7. The maximum absolute atomic E-state index is 11.4. The van der Waals surface area contributed by atoms with E-state index in [1.807, 2.05) is 19.9 Å². The molecule has 0 atom stereocenters. The molecule has 0 radical (unpaired) electrons. The van der Waals surface area contributed by atoms with Crippen molar-refractivity contribution in [1.29, 1.82) is 0 Å². The van der Waals surface area contributed by atoms with Crippen LogP contribution < -0.4 is 0 Å². The van der Waals surface area contributed by atoms with E-state index in [0.29, 0.717) is 12.5 Å². The molecule has 2 nitrogen and oxygen atoms in total. The molecule has 0 saturated carbocycles. The first-order valence-electron chi connectivity index (χ1n) is 11.2. The van der Waals surface area contributed by atoms with Gasteiger partial charge in [0, 0.05) is 6.08 Å². The highest BCUT2D eigenvalue weighted by Crippen LogP contribution is 2.13. The Morgan fingerprint density at radius 3 is 1.77 bits per heavy atom. The summed E-state index contributed by atoms with van der Waals surface area (Å²) in [6.45, 7) is 6.84. The van der Waals surface area contributed by atoms with Crippen LogP contribution >= 0.6 is 0 Å². The van der Waals surface area contributed by atoms with E-state index in [-0.39, 0.29) is 5.97 Å². The highest BCUT2D eigenvalue weighted by atomic mass is 16.5. The van der Waals surface area contributed by atoms with Crippen molar-refractivity contribution in [2.45, 2.75) is 111 Å². The van der Waals surface area contributed by atoms with Crippen LogP contribution in [0.15, 0.2) is 24.3 Å². The average molecular weight is 365 g/mol. The van der Waals surface area contributed by atoms with Gasteiger partial charge < -0.3 is 4.74 Å². The fraction of sp³-hybridized carbons (Fsp3) is 0.792. The van der Waals surface area contributed by atoms with Crippen LogP contribution in [0.4, 0.5) is 0 Å². The lowest BCUT2D eigenvalue weighted by Crippen LogP contribution is -2.06. The number of unbranched alkanes of at least 4 members (excludes halogenated alkanes) is 13. The van der Waals surface area contributed by atoms with Crippen molar-refractivity contribution in [3.05, 3.63) is 24.3 Å². The van der Waals surface area contributed by atoms with Crippen LogP contribution in [0, 0.1) is 5.92 Å². The van der Waals surface area contributed by atoms with E-state index in [4.69, 9.17) is 4.74 Å². The van der Waals surface area contributed by atoms with Crippen molar-refractivity contribution in [3.63, 3.8) is 0 Å². The third-order valence-electron chi connectivity index (χ3n) is 4.51. The predicted molar refractivity (Wildman–Crippen MR) is 114 cm³/mol. The summed E-state index contributed by atoms with van der Waals surface area (Å²) in [5.41, 5.74) is 0. The molecule has 0 aliphatic carbocycles. The molecule has 0 saturated heterocycles. The lowest BCUT2D eigenvalue weighted by Gasteiger charge is -2.03. The number of hydrogen-bond donors (Lipinski definition) is 0. The third-order valence-corrected chi connectivity index (χ3v) is 4.51. The van der Waals surface area contributed by atoms with Crippen LogP contribution in [0.3, 0.4) is 0 Å². The van der Waals surface area contributed by atoms with E-state index in [1.165, 1.54) is 89.5 Å². The van der Waals surface area contributed by atoms with E-state index in [0.717, 1.165) is 6.42 Å². The van der Waals surface area contributed by atoms with Crippen LogP contribution in [0.1, 0.15) is 111 Å². The van der Waals surface area contributed by atoms with Crippen molar-refractivity contribution in [2.75, 3.05) is 6.61 Å². The maximum atomic E-state index is 11.4. The molecule has 0 aliphatic heterocycles. The van der Waals surface area contributed by atoms with Gasteiger partial charge in [0.05, 0.1) is 6.61 Å². The molecule has 0 heterocycles. The molecule has 0 amide bonds. The van der Waals surface area contributed by atoms with Crippen LogP contribution in [0.25, 0.3) is 0 Å². The summed E-state index contributed by atoms with van der Waals surface area (Å²) in [4.78, 5) is 11.4. The van der Waals surface area contributed by atoms with Gasteiger partial charge in [-0.2, -0.15) is 0 Å². The van der Waals surface area contributed by atoms with Gasteiger partial charge in [0.25, 0.3) is 0 Å². The second-order valence-corrected chi connectivity index (χ2v) is 7.84. The highest BCUT2D eigenvalue weighted by Gasteiger charge is 1.98. The fourth-order valence-electron chi connectivity index (χ4n) is 2.89. The van der Waals surface area contributed by atoms with Gasteiger partial charge in [0.1, 0.15) is 0 Å². The Morgan fingerprint density at radius 2 is 1.27 bits per heavy atom. The molecule has 0 rings (SSSR count). The Labute approximate surface area is 163 Å². The molecule has 0 fully saturated rings. The van der Waals surface area contributed by atoms with Gasteiger partial charge in [-0.3, -0.25) is 0 Å². The van der Waals surface area contributed by atoms with Crippen molar-refractivity contribution in [3.8, 4) is 0 Å². The normalized spacial score (nSPS) is 11.8. The van der Waals surface area contributed by atoms with Gasteiger partial charge in [-0.15, -0.1) is 0 Å². The summed E-state index contributed by atoms with van der Waals surface area (Å²) in [6.07, 6.45) is 26.6. The minimum atomic E-state index is -0.246. The van der Waals surface area contributed by atoms with Crippen LogP contribution in [0.5, 0.6) is 0 Å². The minimum Gasteiger partial charge on any atom is -0.462 e. The Kier molecular flexibility index (Phi) is 19.4. The molecule has 0 unspecified atom stereocenters. The predicted octanol–water partition coefficient (Wildman–Crippen LogP) is 7.78. The maximum Gasteiger partial charge on any atom is 0.330 e. The lowest BCUT2D eigenvalue weighted by atomic mass is 10.0. The molecular weight excluding hydrogens is 320 g/mol. The summed E-state index contributed by atoms with van der Waals surface area (Å²) in [7, 11) is 0. The Morgan fingerprint density at radius 1 is 0.769 bits per heavy atom. The fourth-order valence-corrected chi connectivity index (χ4v) is 2.89. The molecule has 0 aromatic rings. The number of carbonyl (C=O) groups is 1. The zero-order valence-electron chi connectivity index (χ0n) is 17.8. The van der Waals surface area contributed by atoms with Crippen molar-refractivity contribution in [2.24, 2.45) is 5.92 Å². The Hall–Kier alpha value is -1.05. The van der Waals surface area contributed by atoms with Crippen LogP contribution in [-0.4, -0.2) is 12.6 Å². The first-order valence-corrected chi connectivity index (χ1v) is 11.2. The summed E-state index contributed by atoms with van der Waals surface area (Å²) < 4.78 is 5.07. The van der Waals surface area contributed by atoms with Gasteiger partial charge in [0.15, 0.2) is 0 Å². The summed E-state index contributed by atoms with van der Waals surface area (Å²) in [6, 6.07) is 0. The van der Waals surface area contributed by atoms with E-state index in [1.54, 1.807) is 6.08 Å². The average Bonchev–Trinajstić information content (AvgIpc) is 2.62. The van der Waals surface area contributed by atoms with Gasteiger partial charge in [0.2, 0.25) is 0 Å². The quantitative estimate of drug-likeness (QED) is 0.107. The van der Waals surface area contributed by atoms with Crippen molar-refractivity contribution >= 4 is 5.97 Å². The van der Waals surface area contributed by atoms with Gasteiger partial charge in [-0.25, -0.2) is 4.79 Å². The van der Waals surface area contributed by atoms with Crippen molar-refractivity contribution in [1.82, 2.24) is 0 Å². The standard InChI is InChI=1S/C24H44O2/c1-4-5-6-7-8-9-10-11-12-13-14-15-16-17-18-19-20-21-24(25)26-22-23(2)3/h18-21,23H,4-17,22H2,1-3H3. The molecule has 0 bridgehead atoms. The summed E-state index contributed by atoms with van der Waals surface area (Å²) in [5.74, 6) is 0.141. The molecule has 152 valence electrons. The van der Waals surface area contributed by atoms with E-state index >= 15 is 0 Å². The number of allylic oxidation sites excluding steroid dienone is 3. The SMILES string of the molecule is CCCCCCCCCCCCCCCC=CC=CC(=O)OCC(C)C. The van der Waals surface area contributed by atoms with Crippen LogP contribution in [-0.2, 0) is 9.53 Å². The largest absolute Gasteiger partial charge is 0.462 e. The molecule has 0 aromatic carbocycles. The van der Waals surface area contributed by atoms with Crippen molar-refractivity contribution < 1.29 is 9.53 Å². The van der Waals surface area contributed by atoms with E-state index in [9.17, 15) is 4.79 Å². The van der Waals surface area contributed by atoms with Gasteiger partial charge >= 0.3 is 5.97 Å². The zero-order chi connectivity index (χ0) is 19.3. The van der Waals surface area contributed by atoms with E-state index in [2.05, 4.69) is 13.0 Å². The summed E-state index contributed by atoms with van der Waals surface area (Å²) in [5, 5.41) is 0. The lowest BCUT2D eigenvalue weighted by molar-refractivity contribution is -0.138. The second-order valence-electron chi connectivity index (χ2n) is 7.84. The second kappa shape index (κ2) is 20.3. The first kappa shape index (κ1) is 24.9. The molecule has 0 N–H and O–H groups in total. The molecule has 0 aromatic heterocycles. The molecule has 26 heavy (non-hydrogen) atoms. The monoisotopic (exact) mass is 364 g/mol. The summed E-state index contributed by atoms with van der Waals surface area (Å²) >= 11 is 0. The molecule has 2 heteroatoms. The third kappa shape index (κ3) is 21.0. The number of carbonyl (C=O) groups excluding carboxylic acids is 1. The van der Waals surface area contributed by atoms with E-state index < -0.39 is 0 Å². The number of ether oxygens (including phenoxy) is 1. The number of rotatable bonds is 18. The Bertz CT molecular complexity index is 355. The number of hydrogen-bond acceptors (Lipinski definition) is 2. The Balaban J connectivity index is 3.27. The smallest absolute Gasteiger partial charge is 0.330 e. The minimum absolute atomic E-state index is 0.246. The van der Waals surface area contributed by atoms with Gasteiger partial charge in [-0.05, 0) is 18.8 Å².